The maximum Gasteiger partial charge on any atom is 0.225 e. The molecule has 7 heteroatoms. The van der Waals surface area contributed by atoms with Crippen LogP contribution in [0.2, 0.25) is 0 Å². The highest BCUT2D eigenvalue weighted by Crippen LogP contribution is 2.21. The van der Waals surface area contributed by atoms with E-state index in [1.54, 1.807) is 0 Å². The summed E-state index contributed by atoms with van der Waals surface area (Å²) < 4.78 is 32.9. The first kappa shape index (κ1) is 20.4. The van der Waals surface area contributed by atoms with Crippen molar-refractivity contribution in [3.63, 3.8) is 0 Å². The number of nitrogens with zero attached hydrogens (tertiary/aromatic N) is 1. The molecule has 0 radical (unpaired) electrons. The quantitative estimate of drug-likeness (QED) is 0.368. The Bertz CT molecular complexity index is 482. The highest BCUT2D eigenvalue weighted by molar-refractivity contribution is 7.85. The van der Waals surface area contributed by atoms with Crippen molar-refractivity contribution in [2.75, 3.05) is 38.5 Å². The zero-order valence-electron chi connectivity index (χ0n) is 14.8. The van der Waals surface area contributed by atoms with Gasteiger partial charge in [-0.2, -0.15) is 0 Å². The van der Waals surface area contributed by atoms with Crippen LogP contribution in [0.3, 0.4) is 0 Å². The van der Waals surface area contributed by atoms with E-state index >= 15 is 0 Å². The van der Waals surface area contributed by atoms with Gasteiger partial charge in [-0.25, -0.2) is 8.42 Å². The monoisotopic (exact) mass is 348 g/mol. The van der Waals surface area contributed by atoms with Crippen LogP contribution in [0.15, 0.2) is 0 Å². The highest BCUT2D eigenvalue weighted by atomic mass is 32.2. The number of nitrogens with one attached hydrogen (secondary N) is 1. The van der Waals surface area contributed by atoms with Crippen molar-refractivity contribution in [3.8, 4) is 0 Å². The van der Waals surface area contributed by atoms with Crippen molar-refractivity contribution in [1.82, 2.24) is 5.32 Å². The van der Waals surface area contributed by atoms with Crippen LogP contribution < -0.4 is 5.32 Å². The topological polar surface area (TPSA) is 86.3 Å². The van der Waals surface area contributed by atoms with Gasteiger partial charge in [0.25, 0.3) is 0 Å². The highest BCUT2D eigenvalue weighted by Gasteiger charge is 2.32. The van der Waals surface area contributed by atoms with E-state index in [-0.39, 0.29) is 17.1 Å². The zero-order chi connectivity index (χ0) is 17.6. The lowest BCUT2D eigenvalue weighted by atomic mass is 9.89. The fraction of sp³-hybridized carbons (Fsp3) is 0.938. The molecule has 0 saturated carbocycles. The van der Waals surface area contributed by atoms with Crippen LogP contribution in [0, 0.1) is 5.41 Å². The third-order valence-corrected chi connectivity index (χ3v) is 5.95. The number of carbonyl (C=O) groups excluding carboxylic acids is 1. The molecule has 0 spiro atoms. The number of rotatable bonds is 10. The molecular weight excluding hydrogens is 316 g/mol. The van der Waals surface area contributed by atoms with Crippen molar-refractivity contribution in [2.24, 2.45) is 5.41 Å². The SMILES string of the molecule is CCC(C)(C)C(=O)NCC[N+]1(CCCCS(=O)(=O)[O-])CCCC1. The number of amides is 1. The van der Waals surface area contributed by atoms with Crippen molar-refractivity contribution in [2.45, 2.75) is 52.9 Å². The minimum absolute atomic E-state index is 0.0924. The minimum atomic E-state index is -4.10. The lowest BCUT2D eigenvalue weighted by Gasteiger charge is -2.35. The molecule has 1 N–H and O–H groups in total. The van der Waals surface area contributed by atoms with Gasteiger partial charge in [0.1, 0.15) is 0 Å². The molecule has 1 aliphatic rings. The summed E-state index contributed by atoms with van der Waals surface area (Å²) in [6.45, 7) is 10.5. The number of hydrogen-bond donors (Lipinski definition) is 1. The summed E-state index contributed by atoms with van der Waals surface area (Å²) in [6, 6.07) is 0. The second-order valence-electron chi connectivity index (χ2n) is 7.41. The maximum absolute atomic E-state index is 12.1. The van der Waals surface area contributed by atoms with E-state index in [4.69, 9.17) is 0 Å². The molecule has 0 unspecified atom stereocenters. The smallest absolute Gasteiger partial charge is 0.225 e. The van der Waals surface area contributed by atoms with Gasteiger partial charge < -0.3 is 14.4 Å². The first-order valence-electron chi connectivity index (χ1n) is 8.67. The lowest BCUT2D eigenvalue weighted by Crippen LogP contribution is -2.51. The van der Waals surface area contributed by atoms with Gasteiger partial charge in [0, 0.05) is 24.0 Å². The van der Waals surface area contributed by atoms with Crippen LogP contribution in [0.5, 0.6) is 0 Å². The molecule has 136 valence electrons. The summed E-state index contributed by atoms with van der Waals surface area (Å²) in [7, 11) is -4.10. The van der Waals surface area contributed by atoms with Gasteiger partial charge in [0.2, 0.25) is 5.91 Å². The first-order chi connectivity index (χ1) is 10.6. The molecule has 1 fully saturated rings. The fourth-order valence-electron chi connectivity index (χ4n) is 3.10. The Morgan fingerprint density at radius 3 is 2.30 bits per heavy atom. The second-order valence-corrected chi connectivity index (χ2v) is 8.93. The summed E-state index contributed by atoms with van der Waals surface area (Å²) in [6.07, 6.45) is 4.34. The predicted molar refractivity (Wildman–Crippen MR) is 89.8 cm³/mol. The summed E-state index contributed by atoms with van der Waals surface area (Å²) in [5.41, 5.74) is -0.335. The molecule has 1 aliphatic heterocycles. The van der Waals surface area contributed by atoms with Crippen molar-refractivity contribution in [3.05, 3.63) is 0 Å². The lowest BCUT2D eigenvalue weighted by molar-refractivity contribution is -0.915. The van der Waals surface area contributed by atoms with Gasteiger partial charge >= 0.3 is 0 Å². The number of quaternary nitrogens is 1. The van der Waals surface area contributed by atoms with Gasteiger partial charge in [0.15, 0.2) is 0 Å². The van der Waals surface area contributed by atoms with Crippen LogP contribution in [-0.4, -0.2) is 61.8 Å². The van der Waals surface area contributed by atoms with Gasteiger partial charge in [0.05, 0.1) is 42.8 Å². The number of unbranched alkanes of at least 4 members (excludes halogenated alkanes) is 1. The summed E-state index contributed by atoms with van der Waals surface area (Å²) in [5, 5.41) is 3.04. The molecule has 0 atom stereocenters. The molecule has 0 aromatic rings. The van der Waals surface area contributed by atoms with Crippen molar-refractivity contribution in [1.29, 1.82) is 0 Å². The fourth-order valence-corrected chi connectivity index (χ4v) is 3.66. The Kier molecular flexibility index (Phi) is 7.48. The van der Waals surface area contributed by atoms with E-state index in [0.717, 1.165) is 43.5 Å². The van der Waals surface area contributed by atoms with E-state index in [1.165, 1.54) is 12.8 Å². The molecule has 23 heavy (non-hydrogen) atoms. The van der Waals surface area contributed by atoms with Gasteiger partial charge in [-0.3, -0.25) is 4.79 Å². The van der Waals surface area contributed by atoms with Gasteiger partial charge in [-0.1, -0.05) is 20.8 Å². The van der Waals surface area contributed by atoms with E-state index in [1.807, 2.05) is 20.8 Å². The normalized spacial score (nSPS) is 18.1. The molecule has 1 amide bonds. The van der Waals surface area contributed by atoms with Crippen molar-refractivity contribution >= 4 is 16.0 Å². The number of likely N-dealkylation sites (tertiary alicyclic amines) is 1. The van der Waals surface area contributed by atoms with E-state index in [2.05, 4.69) is 5.32 Å². The summed E-state index contributed by atoms with van der Waals surface area (Å²) >= 11 is 0. The minimum Gasteiger partial charge on any atom is -0.748 e. The molecule has 6 nitrogen and oxygen atoms in total. The Labute approximate surface area is 141 Å². The van der Waals surface area contributed by atoms with E-state index in [9.17, 15) is 17.8 Å². The Balaban J connectivity index is 2.41. The molecule has 1 heterocycles. The molecule has 1 saturated heterocycles. The standard InChI is InChI=1S/C16H32N2O4S/c1-4-16(2,3)15(19)17-9-13-18(10-5-6-11-18)12-7-8-14-23(20,21)22/h4-14H2,1-3H3,(H-,17,19,20,21,22). The summed E-state index contributed by atoms with van der Waals surface area (Å²) in [4.78, 5) is 12.1. The largest absolute Gasteiger partial charge is 0.748 e. The Morgan fingerprint density at radius 2 is 1.78 bits per heavy atom. The molecule has 1 rings (SSSR count). The average molecular weight is 349 g/mol. The third-order valence-electron chi connectivity index (χ3n) is 5.16. The second kappa shape index (κ2) is 8.44. The molecule has 0 aromatic heterocycles. The molecule has 0 bridgehead atoms. The van der Waals surface area contributed by atoms with Gasteiger partial charge in [-0.05, 0) is 19.3 Å². The molecular formula is C16H32N2O4S. The van der Waals surface area contributed by atoms with Crippen LogP contribution in [0.1, 0.15) is 52.9 Å². The van der Waals surface area contributed by atoms with Crippen LogP contribution in [-0.2, 0) is 14.9 Å². The van der Waals surface area contributed by atoms with Crippen LogP contribution in [0.25, 0.3) is 0 Å². The number of carbonyl (C=O) groups is 1. The van der Waals surface area contributed by atoms with Crippen molar-refractivity contribution < 1.29 is 22.2 Å². The number of hydrogen-bond acceptors (Lipinski definition) is 4. The van der Waals surface area contributed by atoms with E-state index < -0.39 is 10.1 Å². The molecule has 0 aromatic carbocycles. The zero-order valence-corrected chi connectivity index (χ0v) is 15.6. The predicted octanol–water partition coefficient (Wildman–Crippen LogP) is 1.47. The van der Waals surface area contributed by atoms with Gasteiger partial charge in [-0.15, -0.1) is 0 Å². The molecule has 0 aliphatic carbocycles. The summed E-state index contributed by atoms with van der Waals surface area (Å²) in [5.74, 6) is -0.177. The van der Waals surface area contributed by atoms with Crippen LogP contribution in [0.4, 0.5) is 0 Å². The van der Waals surface area contributed by atoms with E-state index in [0.29, 0.717) is 13.0 Å². The average Bonchev–Trinajstić information content (AvgIpc) is 2.91. The third kappa shape index (κ3) is 7.18. The first-order valence-corrected chi connectivity index (χ1v) is 10.2. The maximum atomic E-state index is 12.1. The Morgan fingerprint density at radius 1 is 1.17 bits per heavy atom. The Hall–Kier alpha value is -0.660. The van der Waals surface area contributed by atoms with Crippen LogP contribution >= 0.6 is 0 Å².